The van der Waals surface area contributed by atoms with Gasteiger partial charge in [0.1, 0.15) is 0 Å². The van der Waals surface area contributed by atoms with Gasteiger partial charge < -0.3 is 14.0 Å². The zero-order valence-electron chi connectivity index (χ0n) is 9.27. The van der Waals surface area contributed by atoms with Gasteiger partial charge in [0, 0.05) is 13.3 Å². The molecule has 0 saturated carbocycles. The summed E-state index contributed by atoms with van der Waals surface area (Å²) < 4.78 is 11.7. The minimum absolute atomic E-state index is 0.158. The number of hydrogen-bond acceptors (Lipinski definition) is 4. The average molecular weight is 212 g/mol. The van der Waals surface area contributed by atoms with Crippen molar-refractivity contribution in [3.05, 3.63) is 18.2 Å². The zero-order valence-corrected chi connectivity index (χ0v) is 9.27. The standard InChI is InChI=1S/C10H16N2O3/c1-4-15-10(13)9-5-12(7-11-9)8(2)6-14-3/h5,7-8H,4,6H2,1-3H3/t8-/m1/s1. The van der Waals surface area contributed by atoms with Crippen LogP contribution in [0.15, 0.2) is 12.5 Å². The lowest BCUT2D eigenvalue weighted by Gasteiger charge is -2.10. The predicted molar refractivity (Wildman–Crippen MR) is 54.8 cm³/mol. The molecule has 0 bridgehead atoms. The van der Waals surface area contributed by atoms with E-state index in [1.165, 1.54) is 0 Å². The molecule has 0 radical (unpaired) electrons. The highest BCUT2D eigenvalue weighted by Crippen LogP contribution is 2.07. The Morgan fingerprint density at radius 1 is 1.67 bits per heavy atom. The fraction of sp³-hybridized carbons (Fsp3) is 0.600. The summed E-state index contributed by atoms with van der Waals surface area (Å²) in [5.41, 5.74) is 0.333. The molecule has 84 valence electrons. The summed E-state index contributed by atoms with van der Waals surface area (Å²) >= 11 is 0. The Balaban J connectivity index is 2.67. The molecule has 0 saturated heterocycles. The normalized spacial score (nSPS) is 12.5. The van der Waals surface area contributed by atoms with Gasteiger partial charge in [-0.25, -0.2) is 9.78 Å². The molecule has 0 aliphatic carbocycles. The second kappa shape index (κ2) is 5.50. The number of ether oxygens (including phenoxy) is 2. The minimum atomic E-state index is -0.388. The fourth-order valence-electron chi connectivity index (χ4n) is 1.22. The van der Waals surface area contributed by atoms with Gasteiger partial charge in [-0.05, 0) is 13.8 Å². The van der Waals surface area contributed by atoms with Crippen molar-refractivity contribution in [1.29, 1.82) is 0 Å². The van der Waals surface area contributed by atoms with Crippen LogP contribution in [0.2, 0.25) is 0 Å². The van der Waals surface area contributed by atoms with E-state index < -0.39 is 0 Å². The van der Waals surface area contributed by atoms with Gasteiger partial charge in [0.2, 0.25) is 0 Å². The fourth-order valence-corrected chi connectivity index (χ4v) is 1.22. The lowest BCUT2D eigenvalue weighted by Crippen LogP contribution is -2.09. The minimum Gasteiger partial charge on any atom is -0.461 e. The molecular weight excluding hydrogens is 196 g/mol. The van der Waals surface area contributed by atoms with Gasteiger partial charge in [0.05, 0.1) is 25.6 Å². The molecule has 0 aromatic carbocycles. The van der Waals surface area contributed by atoms with E-state index in [4.69, 9.17) is 9.47 Å². The Kier molecular flexibility index (Phi) is 4.30. The maximum atomic E-state index is 11.3. The van der Waals surface area contributed by atoms with Crippen molar-refractivity contribution in [1.82, 2.24) is 9.55 Å². The number of nitrogens with zero attached hydrogens (tertiary/aromatic N) is 2. The van der Waals surface area contributed by atoms with Crippen molar-refractivity contribution >= 4 is 5.97 Å². The molecule has 1 aromatic rings. The second-order valence-electron chi connectivity index (χ2n) is 3.23. The SMILES string of the molecule is CCOC(=O)c1cn([C@H](C)COC)cn1. The van der Waals surface area contributed by atoms with Crippen molar-refractivity contribution in [2.24, 2.45) is 0 Å². The smallest absolute Gasteiger partial charge is 0.358 e. The summed E-state index contributed by atoms with van der Waals surface area (Å²) in [6.07, 6.45) is 3.28. The van der Waals surface area contributed by atoms with E-state index in [-0.39, 0.29) is 12.0 Å². The van der Waals surface area contributed by atoms with E-state index in [0.717, 1.165) is 0 Å². The van der Waals surface area contributed by atoms with Gasteiger partial charge in [-0.1, -0.05) is 0 Å². The maximum Gasteiger partial charge on any atom is 0.358 e. The van der Waals surface area contributed by atoms with Crippen molar-refractivity contribution in [3.8, 4) is 0 Å². The van der Waals surface area contributed by atoms with Crippen LogP contribution in [0.4, 0.5) is 0 Å². The van der Waals surface area contributed by atoms with Gasteiger partial charge in [0.15, 0.2) is 5.69 Å². The van der Waals surface area contributed by atoms with Crippen LogP contribution in [-0.4, -0.2) is 35.8 Å². The predicted octanol–water partition coefficient (Wildman–Crippen LogP) is 1.27. The van der Waals surface area contributed by atoms with Crippen LogP contribution in [0.1, 0.15) is 30.4 Å². The molecule has 0 aliphatic heterocycles. The number of imidazole rings is 1. The van der Waals surface area contributed by atoms with Crippen LogP contribution >= 0.6 is 0 Å². The molecule has 0 fully saturated rings. The molecule has 15 heavy (non-hydrogen) atoms. The third-order valence-corrected chi connectivity index (χ3v) is 2.00. The van der Waals surface area contributed by atoms with Crippen LogP contribution < -0.4 is 0 Å². The Morgan fingerprint density at radius 2 is 2.40 bits per heavy atom. The summed E-state index contributed by atoms with van der Waals surface area (Å²) in [6, 6.07) is 0.158. The van der Waals surface area contributed by atoms with E-state index in [9.17, 15) is 4.79 Å². The quantitative estimate of drug-likeness (QED) is 0.690. The van der Waals surface area contributed by atoms with Crippen LogP contribution in [0.3, 0.4) is 0 Å². The molecule has 1 rings (SSSR count). The molecule has 0 N–H and O–H groups in total. The Hall–Kier alpha value is -1.36. The molecule has 0 aliphatic rings. The lowest BCUT2D eigenvalue weighted by atomic mass is 10.3. The highest BCUT2D eigenvalue weighted by Gasteiger charge is 2.12. The average Bonchev–Trinajstić information content (AvgIpc) is 2.67. The molecule has 5 heteroatoms. The van der Waals surface area contributed by atoms with E-state index in [1.807, 2.05) is 11.5 Å². The van der Waals surface area contributed by atoms with Crippen LogP contribution in [0.5, 0.6) is 0 Å². The first-order chi connectivity index (χ1) is 7.19. The van der Waals surface area contributed by atoms with E-state index in [2.05, 4.69) is 4.98 Å². The zero-order chi connectivity index (χ0) is 11.3. The van der Waals surface area contributed by atoms with E-state index in [0.29, 0.717) is 18.9 Å². The molecule has 1 heterocycles. The number of hydrogen-bond donors (Lipinski definition) is 0. The first kappa shape index (κ1) is 11.7. The van der Waals surface area contributed by atoms with Gasteiger partial charge in [-0.3, -0.25) is 0 Å². The highest BCUT2D eigenvalue weighted by molar-refractivity contribution is 5.86. The van der Waals surface area contributed by atoms with Crippen molar-refractivity contribution in [3.63, 3.8) is 0 Å². The molecule has 1 aromatic heterocycles. The summed E-state index contributed by atoms with van der Waals surface area (Å²) in [5, 5.41) is 0. The van der Waals surface area contributed by atoms with Gasteiger partial charge in [0.25, 0.3) is 0 Å². The van der Waals surface area contributed by atoms with Crippen molar-refractivity contribution < 1.29 is 14.3 Å². The topological polar surface area (TPSA) is 53.4 Å². The number of methoxy groups -OCH3 is 1. The van der Waals surface area contributed by atoms with E-state index >= 15 is 0 Å². The molecule has 0 spiro atoms. The number of esters is 1. The summed E-state index contributed by atoms with van der Waals surface area (Å²) in [5.74, 6) is -0.388. The number of carbonyl (C=O) groups is 1. The van der Waals surface area contributed by atoms with Crippen LogP contribution in [0, 0.1) is 0 Å². The molecular formula is C10H16N2O3. The Morgan fingerprint density at radius 3 is 3.00 bits per heavy atom. The molecule has 0 unspecified atom stereocenters. The largest absolute Gasteiger partial charge is 0.461 e. The first-order valence-electron chi connectivity index (χ1n) is 4.88. The number of rotatable bonds is 5. The Labute approximate surface area is 89.0 Å². The number of carbonyl (C=O) groups excluding carboxylic acids is 1. The number of aromatic nitrogens is 2. The monoisotopic (exact) mass is 212 g/mol. The highest BCUT2D eigenvalue weighted by atomic mass is 16.5. The third-order valence-electron chi connectivity index (χ3n) is 2.00. The maximum absolute atomic E-state index is 11.3. The first-order valence-corrected chi connectivity index (χ1v) is 4.88. The van der Waals surface area contributed by atoms with E-state index in [1.54, 1.807) is 26.6 Å². The summed E-state index contributed by atoms with van der Waals surface area (Å²) in [4.78, 5) is 15.3. The molecule has 1 atom stereocenters. The molecule has 5 nitrogen and oxygen atoms in total. The summed E-state index contributed by atoms with van der Waals surface area (Å²) in [7, 11) is 1.64. The van der Waals surface area contributed by atoms with Crippen molar-refractivity contribution in [2.75, 3.05) is 20.3 Å². The lowest BCUT2D eigenvalue weighted by molar-refractivity contribution is 0.0520. The summed E-state index contributed by atoms with van der Waals surface area (Å²) in [6.45, 7) is 4.69. The van der Waals surface area contributed by atoms with Gasteiger partial charge in [-0.2, -0.15) is 0 Å². The van der Waals surface area contributed by atoms with Gasteiger partial charge >= 0.3 is 5.97 Å². The second-order valence-corrected chi connectivity index (χ2v) is 3.23. The Bertz CT molecular complexity index is 322. The van der Waals surface area contributed by atoms with Crippen LogP contribution in [0.25, 0.3) is 0 Å². The molecule has 0 amide bonds. The van der Waals surface area contributed by atoms with Gasteiger partial charge in [-0.15, -0.1) is 0 Å². The van der Waals surface area contributed by atoms with Crippen molar-refractivity contribution in [2.45, 2.75) is 19.9 Å². The third kappa shape index (κ3) is 3.06. The van der Waals surface area contributed by atoms with Crippen LogP contribution in [-0.2, 0) is 9.47 Å².